The van der Waals surface area contributed by atoms with E-state index in [-0.39, 0.29) is 0 Å². The lowest BCUT2D eigenvalue weighted by Crippen LogP contribution is -2.59. The molecular weight excluding hydrogens is 408 g/mol. The van der Waals surface area contributed by atoms with Crippen molar-refractivity contribution in [3.63, 3.8) is 0 Å². The minimum absolute atomic E-state index is 0.500. The molecule has 0 amide bonds. The van der Waals surface area contributed by atoms with Crippen molar-refractivity contribution in [2.24, 2.45) is 5.92 Å². The zero-order chi connectivity index (χ0) is 22.4. The van der Waals surface area contributed by atoms with Crippen LogP contribution >= 0.6 is 0 Å². The molecule has 2 aromatic carbocycles. The molecule has 5 heteroatoms. The highest BCUT2D eigenvalue weighted by Gasteiger charge is 2.39. The number of anilines is 1. The number of aromatic nitrogens is 2. The molecule has 5 nitrogen and oxygen atoms in total. The van der Waals surface area contributed by atoms with Gasteiger partial charge in [0.25, 0.3) is 0 Å². The van der Waals surface area contributed by atoms with Gasteiger partial charge in [-0.25, -0.2) is 4.98 Å². The van der Waals surface area contributed by atoms with Crippen LogP contribution < -0.4 is 10.1 Å². The third kappa shape index (κ3) is 3.66. The van der Waals surface area contributed by atoms with Crippen LogP contribution in [0.25, 0.3) is 27.7 Å². The summed E-state index contributed by atoms with van der Waals surface area (Å²) in [4.78, 5) is 7.38. The first-order valence-electron chi connectivity index (χ1n) is 11.9. The summed E-state index contributed by atoms with van der Waals surface area (Å²) in [7, 11) is 1.69. The molecule has 2 atom stereocenters. The summed E-state index contributed by atoms with van der Waals surface area (Å²) in [6, 6.07) is 22.3. The normalized spacial score (nSPS) is 24.2. The molecule has 2 bridgehead atoms. The van der Waals surface area contributed by atoms with Crippen molar-refractivity contribution in [3.8, 4) is 22.6 Å². The second-order valence-corrected chi connectivity index (χ2v) is 9.37. The Labute approximate surface area is 195 Å². The second kappa shape index (κ2) is 8.23. The molecule has 7 rings (SSSR count). The number of hydrogen-bond acceptors (Lipinski definition) is 4. The molecule has 3 fully saturated rings. The van der Waals surface area contributed by atoms with Crippen LogP contribution in [0.3, 0.4) is 0 Å². The maximum absolute atomic E-state index is 5.29. The Morgan fingerprint density at radius 3 is 2.42 bits per heavy atom. The minimum atomic E-state index is 0.500. The van der Waals surface area contributed by atoms with Crippen LogP contribution in [0.5, 0.6) is 5.75 Å². The number of nitrogens with zero attached hydrogens (tertiary/aromatic N) is 3. The largest absolute Gasteiger partial charge is 0.497 e. The molecule has 5 heterocycles. The van der Waals surface area contributed by atoms with Crippen LogP contribution in [0.2, 0.25) is 0 Å². The monoisotopic (exact) mass is 438 g/mol. The molecular formula is C28H30N4O. The molecule has 0 saturated carbocycles. The molecule has 3 aliphatic heterocycles. The second-order valence-electron chi connectivity index (χ2n) is 9.37. The van der Waals surface area contributed by atoms with E-state index in [1.165, 1.54) is 42.4 Å². The summed E-state index contributed by atoms with van der Waals surface area (Å²) in [6.45, 7) is 4.85. The fourth-order valence-corrected chi connectivity index (χ4v) is 5.66. The van der Waals surface area contributed by atoms with Gasteiger partial charge in [0.2, 0.25) is 0 Å². The molecule has 0 radical (unpaired) electrons. The Balaban J connectivity index is 1.22. The third-order valence-corrected chi connectivity index (χ3v) is 7.63. The zero-order valence-corrected chi connectivity index (χ0v) is 19.2. The van der Waals surface area contributed by atoms with Crippen LogP contribution in [0.1, 0.15) is 19.8 Å². The van der Waals surface area contributed by atoms with Gasteiger partial charge in [0, 0.05) is 41.1 Å². The lowest BCUT2D eigenvalue weighted by atomic mass is 9.79. The Kier molecular flexibility index (Phi) is 5.07. The number of nitrogens with one attached hydrogen (secondary N) is 1. The first kappa shape index (κ1) is 20.3. The van der Waals surface area contributed by atoms with E-state index in [1.54, 1.807) is 7.11 Å². The number of fused-ring (bicyclic) bond motifs is 4. The van der Waals surface area contributed by atoms with E-state index in [4.69, 9.17) is 9.72 Å². The summed E-state index contributed by atoms with van der Waals surface area (Å²) < 4.78 is 7.49. The van der Waals surface area contributed by atoms with Crippen molar-refractivity contribution in [2.75, 3.05) is 25.5 Å². The molecule has 4 aromatic rings. The lowest BCUT2D eigenvalue weighted by Gasteiger charge is -2.50. The minimum Gasteiger partial charge on any atom is -0.497 e. The highest BCUT2D eigenvalue weighted by molar-refractivity contribution is 5.87. The fraction of sp³-hybridized carbons (Fsp3) is 0.321. The van der Waals surface area contributed by atoms with Gasteiger partial charge in [0.1, 0.15) is 11.6 Å². The summed E-state index contributed by atoms with van der Waals surface area (Å²) in [6.07, 6.45) is 6.72. The number of piperidine rings is 3. The average molecular weight is 439 g/mol. The predicted octanol–water partition coefficient (Wildman–Crippen LogP) is 5.60. The van der Waals surface area contributed by atoms with Crippen molar-refractivity contribution >= 4 is 16.7 Å². The van der Waals surface area contributed by atoms with Gasteiger partial charge in [-0.15, -0.1) is 0 Å². The van der Waals surface area contributed by atoms with E-state index in [1.807, 2.05) is 18.3 Å². The predicted molar refractivity (Wildman–Crippen MR) is 134 cm³/mol. The van der Waals surface area contributed by atoms with Gasteiger partial charge in [-0.05, 0) is 98.9 Å². The number of rotatable bonds is 5. The Morgan fingerprint density at radius 1 is 0.939 bits per heavy atom. The number of pyridine rings is 1. The molecule has 168 valence electrons. The Hall–Kier alpha value is -3.31. The van der Waals surface area contributed by atoms with Gasteiger partial charge in [0.15, 0.2) is 0 Å². The number of benzene rings is 2. The highest BCUT2D eigenvalue weighted by atomic mass is 16.5. The molecule has 3 aliphatic rings. The summed E-state index contributed by atoms with van der Waals surface area (Å²) >= 11 is 0. The van der Waals surface area contributed by atoms with Gasteiger partial charge in [-0.2, -0.15) is 0 Å². The molecule has 1 N–H and O–H groups in total. The maximum atomic E-state index is 5.29. The Bertz CT molecular complexity index is 1250. The fourth-order valence-electron chi connectivity index (χ4n) is 5.66. The quantitative estimate of drug-likeness (QED) is 0.441. The standard InChI is InChI=1S/C28H30N4O/c1-19-28(20-11-14-31(19)15-12-20)30-27-10-4-23(18-29-27)21-3-9-26-22(17-21)13-16-32(26)24-5-7-25(33-2)8-6-24/h3-10,13,16-20,28H,11-12,14-15H2,1-2H3,(H,29,30)/t19-,28-/m1/s1. The van der Waals surface area contributed by atoms with E-state index >= 15 is 0 Å². The van der Waals surface area contributed by atoms with Crippen LogP contribution in [-0.2, 0) is 0 Å². The smallest absolute Gasteiger partial charge is 0.126 e. The first-order valence-corrected chi connectivity index (χ1v) is 11.9. The van der Waals surface area contributed by atoms with Crippen molar-refractivity contribution in [1.29, 1.82) is 0 Å². The lowest BCUT2D eigenvalue weighted by molar-refractivity contribution is 0.0457. The highest BCUT2D eigenvalue weighted by Crippen LogP contribution is 2.34. The van der Waals surface area contributed by atoms with Crippen molar-refractivity contribution in [1.82, 2.24) is 14.5 Å². The van der Waals surface area contributed by atoms with Crippen molar-refractivity contribution < 1.29 is 4.74 Å². The average Bonchev–Trinajstić information content (AvgIpc) is 3.30. The van der Waals surface area contributed by atoms with Crippen molar-refractivity contribution in [2.45, 2.75) is 31.8 Å². The van der Waals surface area contributed by atoms with Crippen LogP contribution in [0, 0.1) is 5.92 Å². The van der Waals surface area contributed by atoms with Crippen LogP contribution in [0.15, 0.2) is 73.1 Å². The summed E-state index contributed by atoms with van der Waals surface area (Å²) in [5.74, 6) is 2.62. The Morgan fingerprint density at radius 2 is 1.73 bits per heavy atom. The van der Waals surface area contributed by atoms with E-state index in [9.17, 15) is 0 Å². The maximum Gasteiger partial charge on any atom is 0.126 e. The van der Waals surface area contributed by atoms with Gasteiger partial charge < -0.3 is 14.6 Å². The molecule has 0 unspecified atom stereocenters. The van der Waals surface area contributed by atoms with Crippen LogP contribution in [-0.4, -0.2) is 46.7 Å². The summed E-state index contributed by atoms with van der Waals surface area (Å²) in [5.41, 5.74) is 4.64. The molecule has 3 saturated heterocycles. The number of methoxy groups -OCH3 is 1. The van der Waals surface area contributed by atoms with E-state index < -0.39 is 0 Å². The third-order valence-electron chi connectivity index (χ3n) is 7.63. The van der Waals surface area contributed by atoms with E-state index in [0.29, 0.717) is 12.1 Å². The van der Waals surface area contributed by atoms with E-state index in [2.05, 4.69) is 76.4 Å². The number of hydrogen-bond donors (Lipinski definition) is 1. The number of ether oxygens (including phenoxy) is 1. The SMILES string of the molecule is COc1ccc(-n2ccc3cc(-c4ccc(N[C@H]5C6CCN(CC6)[C@@H]5C)nc4)ccc32)cc1. The van der Waals surface area contributed by atoms with E-state index in [0.717, 1.165) is 28.7 Å². The molecule has 0 spiro atoms. The molecule has 0 aliphatic carbocycles. The van der Waals surface area contributed by atoms with Crippen LogP contribution in [0.4, 0.5) is 5.82 Å². The van der Waals surface area contributed by atoms with Gasteiger partial charge in [-0.1, -0.05) is 6.07 Å². The van der Waals surface area contributed by atoms with Gasteiger partial charge in [0.05, 0.1) is 12.6 Å². The first-order chi connectivity index (χ1) is 16.2. The van der Waals surface area contributed by atoms with Gasteiger partial charge >= 0.3 is 0 Å². The van der Waals surface area contributed by atoms with Crippen molar-refractivity contribution in [3.05, 3.63) is 73.1 Å². The zero-order valence-electron chi connectivity index (χ0n) is 19.2. The molecule has 33 heavy (non-hydrogen) atoms. The topological polar surface area (TPSA) is 42.3 Å². The summed E-state index contributed by atoms with van der Waals surface area (Å²) in [5, 5.41) is 4.95. The van der Waals surface area contributed by atoms with Gasteiger partial charge in [-0.3, -0.25) is 4.90 Å². The molecule has 2 aromatic heterocycles.